The SMILES string of the molecule is O=[N+]([O-])c1nccn1CCI. The summed E-state index contributed by atoms with van der Waals surface area (Å²) in [6.45, 7) is 0.636. The summed E-state index contributed by atoms with van der Waals surface area (Å²) < 4.78 is 2.36. The van der Waals surface area contributed by atoms with Gasteiger partial charge in [0.1, 0.15) is 12.4 Å². The molecule has 0 atom stereocenters. The molecule has 0 aliphatic heterocycles. The summed E-state index contributed by atoms with van der Waals surface area (Å²) in [6, 6.07) is 0. The number of alkyl halides is 1. The molecule has 0 saturated heterocycles. The zero-order valence-corrected chi connectivity index (χ0v) is 7.76. The van der Waals surface area contributed by atoms with E-state index in [-0.39, 0.29) is 5.95 Å². The standard InChI is InChI=1S/C5H6IN3O2/c6-1-3-8-4-2-7-5(8)9(10)11/h2,4H,1,3H2. The van der Waals surface area contributed by atoms with Gasteiger partial charge in [0.05, 0.1) is 6.54 Å². The van der Waals surface area contributed by atoms with Gasteiger partial charge < -0.3 is 10.1 Å². The number of hydrogen-bond acceptors (Lipinski definition) is 3. The minimum Gasteiger partial charge on any atom is -0.390 e. The van der Waals surface area contributed by atoms with Gasteiger partial charge in [-0.3, -0.25) is 0 Å². The first-order valence-corrected chi connectivity index (χ1v) is 4.49. The maximum Gasteiger partial charge on any atom is 0.434 e. The lowest BCUT2D eigenvalue weighted by molar-refractivity contribution is -0.396. The third-order valence-electron chi connectivity index (χ3n) is 1.18. The maximum absolute atomic E-state index is 10.3. The van der Waals surface area contributed by atoms with Gasteiger partial charge in [0, 0.05) is 4.43 Å². The molecule has 1 aromatic heterocycles. The summed E-state index contributed by atoms with van der Waals surface area (Å²) in [5.74, 6) is -0.0818. The van der Waals surface area contributed by atoms with Crippen molar-refractivity contribution in [3.8, 4) is 0 Å². The molecule has 6 heteroatoms. The predicted octanol–water partition coefficient (Wildman–Crippen LogP) is 1.23. The zero-order valence-electron chi connectivity index (χ0n) is 5.61. The van der Waals surface area contributed by atoms with E-state index < -0.39 is 4.92 Å². The highest BCUT2D eigenvalue weighted by molar-refractivity contribution is 14.1. The van der Waals surface area contributed by atoms with Crippen molar-refractivity contribution >= 4 is 28.5 Å². The van der Waals surface area contributed by atoms with E-state index in [1.54, 1.807) is 6.20 Å². The molecule has 1 heterocycles. The van der Waals surface area contributed by atoms with E-state index in [9.17, 15) is 10.1 Å². The van der Waals surface area contributed by atoms with Crippen LogP contribution < -0.4 is 0 Å². The third-order valence-corrected chi connectivity index (χ3v) is 1.66. The van der Waals surface area contributed by atoms with Crippen LogP contribution in [0.5, 0.6) is 0 Å². The summed E-state index contributed by atoms with van der Waals surface area (Å²) in [5, 5.41) is 10.3. The highest BCUT2D eigenvalue weighted by Gasteiger charge is 2.11. The molecule has 60 valence electrons. The molecule has 0 bridgehead atoms. The van der Waals surface area contributed by atoms with Crippen molar-refractivity contribution in [3.05, 3.63) is 22.5 Å². The average molecular weight is 267 g/mol. The highest BCUT2D eigenvalue weighted by atomic mass is 127. The topological polar surface area (TPSA) is 61.0 Å². The maximum atomic E-state index is 10.3. The second kappa shape index (κ2) is 3.65. The number of hydrogen-bond donors (Lipinski definition) is 0. The number of imidazole rings is 1. The zero-order chi connectivity index (χ0) is 8.27. The molecule has 1 rings (SSSR count). The van der Waals surface area contributed by atoms with Crippen LogP contribution in [-0.4, -0.2) is 18.9 Å². The van der Waals surface area contributed by atoms with E-state index in [2.05, 4.69) is 27.6 Å². The Morgan fingerprint density at radius 1 is 1.82 bits per heavy atom. The molecule has 0 radical (unpaired) electrons. The van der Waals surface area contributed by atoms with E-state index in [4.69, 9.17) is 0 Å². The van der Waals surface area contributed by atoms with Crippen LogP contribution in [0.1, 0.15) is 0 Å². The predicted molar refractivity (Wildman–Crippen MR) is 47.8 cm³/mol. The van der Waals surface area contributed by atoms with E-state index in [0.29, 0.717) is 6.54 Å². The lowest BCUT2D eigenvalue weighted by Gasteiger charge is -1.96. The van der Waals surface area contributed by atoms with Gasteiger partial charge in [-0.2, -0.15) is 0 Å². The molecule has 0 amide bonds. The van der Waals surface area contributed by atoms with Crippen LogP contribution in [0, 0.1) is 10.1 Å². The van der Waals surface area contributed by atoms with Crippen molar-refractivity contribution in [1.29, 1.82) is 0 Å². The molecule has 0 aliphatic carbocycles. The van der Waals surface area contributed by atoms with Gasteiger partial charge in [0.15, 0.2) is 0 Å². The Balaban J connectivity index is 2.87. The Labute approximate surface area is 76.7 Å². The van der Waals surface area contributed by atoms with Gasteiger partial charge in [-0.15, -0.1) is 0 Å². The number of aryl methyl sites for hydroxylation is 1. The minimum absolute atomic E-state index is 0.0818. The van der Waals surface area contributed by atoms with Gasteiger partial charge in [-0.25, -0.2) is 4.57 Å². The van der Waals surface area contributed by atoms with Crippen LogP contribution in [0.4, 0.5) is 5.95 Å². The van der Waals surface area contributed by atoms with Gasteiger partial charge in [-0.05, 0) is 4.92 Å². The van der Waals surface area contributed by atoms with E-state index in [1.807, 2.05) is 0 Å². The first kappa shape index (κ1) is 8.44. The van der Waals surface area contributed by atoms with Crippen LogP contribution >= 0.6 is 22.6 Å². The fourth-order valence-corrected chi connectivity index (χ4v) is 1.26. The van der Waals surface area contributed by atoms with Crippen molar-refractivity contribution < 1.29 is 4.92 Å². The smallest absolute Gasteiger partial charge is 0.390 e. The second-order valence-electron chi connectivity index (χ2n) is 1.87. The van der Waals surface area contributed by atoms with Crippen molar-refractivity contribution in [2.45, 2.75) is 6.54 Å². The van der Waals surface area contributed by atoms with Crippen molar-refractivity contribution in [3.63, 3.8) is 0 Å². The Morgan fingerprint density at radius 3 is 3.09 bits per heavy atom. The number of nitrogens with zero attached hydrogens (tertiary/aromatic N) is 3. The molecular formula is C5H6IN3O2. The molecule has 0 fully saturated rings. The Kier molecular flexibility index (Phi) is 2.80. The van der Waals surface area contributed by atoms with Gasteiger partial charge in [0.2, 0.25) is 0 Å². The van der Waals surface area contributed by atoms with E-state index in [0.717, 1.165) is 4.43 Å². The monoisotopic (exact) mass is 267 g/mol. The molecular weight excluding hydrogens is 261 g/mol. The van der Waals surface area contributed by atoms with Crippen molar-refractivity contribution in [1.82, 2.24) is 9.55 Å². The minimum atomic E-state index is -0.480. The van der Waals surface area contributed by atoms with Gasteiger partial charge in [-0.1, -0.05) is 27.6 Å². The second-order valence-corrected chi connectivity index (χ2v) is 2.95. The molecule has 5 nitrogen and oxygen atoms in total. The average Bonchev–Trinajstić information content (AvgIpc) is 2.36. The highest BCUT2D eigenvalue weighted by Crippen LogP contribution is 2.07. The number of nitro groups is 1. The van der Waals surface area contributed by atoms with Crippen molar-refractivity contribution in [2.24, 2.45) is 0 Å². The number of aromatic nitrogens is 2. The summed E-state index contributed by atoms with van der Waals surface area (Å²) in [4.78, 5) is 13.4. The third kappa shape index (κ3) is 1.88. The molecule has 0 saturated carbocycles. The summed E-state index contributed by atoms with van der Waals surface area (Å²) in [5.41, 5.74) is 0. The number of rotatable bonds is 3. The Hall–Kier alpha value is -0.660. The van der Waals surface area contributed by atoms with Gasteiger partial charge >= 0.3 is 5.95 Å². The lowest BCUT2D eigenvalue weighted by Crippen LogP contribution is -2.03. The fraction of sp³-hybridized carbons (Fsp3) is 0.400. The van der Waals surface area contributed by atoms with Crippen LogP contribution in [0.2, 0.25) is 0 Å². The summed E-state index contributed by atoms with van der Waals surface area (Å²) >= 11 is 2.16. The summed E-state index contributed by atoms with van der Waals surface area (Å²) in [6.07, 6.45) is 3.04. The van der Waals surface area contributed by atoms with Crippen LogP contribution in [0.25, 0.3) is 0 Å². The quantitative estimate of drug-likeness (QED) is 0.358. The summed E-state index contributed by atoms with van der Waals surface area (Å²) in [7, 11) is 0. The molecule has 0 N–H and O–H groups in total. The normalized spacial score (nSPS) is 9.91. The van der Waals surface area contributed by atoms with Crippen molar-refractivity contribution in [2.75, 3.05) is 4.43 Å². The molecule has 11 heavy (non-hydrogen) atoms. The lowest BCUT2D eigenvalue weighted by atomic mass is 10.7. The first-order chi connectivity index (χ1) is 5.25. The molecule has 0 aromatic carbocycles. The van der Waals surface area contributed by atoms with E-state index in [1.165, 1.54) is 10.8 Å². The largest absolute Gasteiger partial charge is 0.434 e. The first-order valence-electron chi connectivity index (χ1n) is 2.97. The van der Waals surface area contributed by atoms with Crippen LogP contribution in [0.15, 0.2) is 12.4 Å². The van der Waals surface area contributed by atoms with Crippen LogP contribution in [-0.2, 0) is 6.54 Å². The van der Waals surface area contributed by atoms with Crippen LogP contribution in [0.3, 0.4) is 0 Å². The molecule has 0 aliphatic rings. The Morgan fingerprint density at radius 2 is 2.55 bits per heavy atom. The Bertz CT molecular complexity index is 260. The molecule has 0 unspecified atom stereocenters. The van der Waals surface area contributed by atoms with Gasteiger partial charge in [0.25, 0.3) is 0 Å². The fourth-order valence-electron chi connectivity index (χ4n) is 0.739. The number of halogens is 1. The molecule has 0 spiro atoms. The van der Waals surface area contributed by atoms with E-state index >= 15 is 0 Å². The molecule has 1 aromatic rings.